The van der Waals surface area contributed by atoms with E-state index in [4.69, 9.17) is 26.8 Å². The Kier molecular flexibility index (Phi) is 7.45. The van der Waals surface area contributed by atoms with E-state index in [9.17, 15) is 9.59 Å². The van der Waals surface area contributed by atoms with Crippen molar-refractivity contribution in [1.29, 1.82) is 0 Å². The third-order valence-electron chi connectivity index (χ3n) is 3.63. The van der Waals surface area contributed by atoms with Crippen LogP contribution in [0.3, 0.4) is 0 Å². The van der Waals surface area contributed by atoms with Crippen molar-refractivity contribution in [2.75, 3.05) is 32.1 Å². The summed E-state index contributed by atoms with van der Waals surface area (Å²) in [5.74, 6) is -0.0285. The van der Waals surface area contributed by atoms with Crippen molar-refractivity contribution in [1.82, 2.24) is 5.32 Å². The second-order valence-corrected chi connectivity index (χ2v) is 5.87. The number of carbonyl (C=O) groups excluding carboxylic acids is 2. The van der Waals surface area contributed by atoms with Crippen LogP contribution < -0.4 is 25.8 Å². The highest BCUT2D eigenvalue weighted by Gasteiger charge is 2.18. The quantitative estimate of drug-likeness (QED) is 0.642. The number of benzene rings is 2. The maximum Gasteiger partial charge on any atom is 0.255 e. The molecule has 0 saturated heterocycles. The topological polar surface area (TPSA) is 103 Å². The Labute approximate surface area is 162 Å². The molecule has 2 aromatic carbocycles. The van der Waals surface area contributed by atoms with E-state index in [-0.39, 0.29) is 16.5 Å². The van der Waals surface area contributed by atoms with Crippen LogP contribution in [0.2, 0.25) is 5.02 Å². The monoisotopic (exact) mass is 391 g/mol. The fraction of sp³-hybridized carbons (Fsp3) is 0.263. The molecule has 7 nitrogen and oxygen atoms in total. The standard InChI is InChI=1S/C19H22ClN3O4/c1-3-27-17-14(20)10-12(11-16(17)26-2)18(24)23-15-7-5-4-6-13(15)19(25)22-9-8-21/h4-7,10-11H,3,8-9,21H2,1-2H3,(H,22,25)(H,23,24). The molecule has 0 saturated carbocycles. The summed E-state index contributed by atoms with van der Waals surface area (Å²) in [7, 11) is 1.47. The Balaban J connectivity index is 2.28. The molecule has 27 heavy (non-hydrogen) atoms. The molecule has 0 unspecified atom stereocenters. The third kappa shape index (κ3) is 5.12. The first-order valence-electron chi connectivity index (χ1n) is 8.40. The molecule has 2 aromatic rings. The number of hydrogen-bond donors (Lipinski definition) is 3. The normalized spacial score (nSPS) is 10.2. The number of methoxy groups -OCH3 is 1. The molecule has 144 valence electrons. The van der Waals surface area contributed by atoms with Crippen molar-refractivity contribution >= 4 is 29.1 Å². The summed E-state index contributed by atoms with van der Waals surface area (Å²) in [5.41, 5.74) is 6.39. The van der Waals surface area contributed by atoms with E-state index in [0.717, 1.165) is 0 Å². The van der Waals surface area contributed by atoms with Crippen LogP contribution in [0.1, 0.15) is 27.6 Å². The first-order valence-corrected chi connectivity index (χ1v) is 8.78. The predicted octanol–water partition coefficient (Wildman–Crippen LogP) is 2.69. The highest BCUT2D eigenvalue weighted by atomic mass is 35.5. The van der Waals surface area contributed by atoms with Gasteiger partial charge in [-0.1, -0.05) is 23.7 Å². The SMILES string of the molecule is CCOc1c(Cl)cc(C(=O)Nc2ccccc2C(=O)NCCN)cc1OC. The summed E-state index contributed by atoms with van der Waals surface area (Å²) in [6.07, 6.45) is 0. The molecule has 0 bridgehead atoms. The first kappa shape index (κ1) is 20.5. The maximum absolute atomic E-state index is 12.7. The van der Waals surface area contributed by atoms with Crippen LogP contribution in [0.4, 0.5) is 5.69 Å². The molecular formula is C19H22ClN3O4. The number of nitrogens with two attached hydrogens (primary N) is 1. The Morgan fingerprint density at radius 3 is 2.59 bits per heavy atom. The molecular weight excluding hydrogens is 370 g/mol. The van der Waals surface area contributed by atoms with E-state index in [1.54, 1.807) is 24.3 Å². The van der Waals surface area contributed by atoms with E-state index in [1.165, 1.54) is 19.2 Å². The van der Waals surface area contributed by atoms with Crippen LogP contribution in [0.15, 0.2) is 36.4 Å². The summed E-state index contributed by atoms with van der Waals surface area (Å²) in [6.45, 7) is 2.90. The first-order chi connectivity index (χ1) is 13.0. The van der Waals surface area contributed by atoms with Gasteiger partial charge in [-0.15, -0.1) is 0 Å². The fourth-order valence-corrected chi connectivity index (χ4v) is 2.67. The lowest BCUT2D eigenvalue weighted by molar-refractivity contribution is 0.0955. The molecule has 0 radical (unpaired) electrons. The number of amides is 2. The molecule has 0 aliphatic rings. The molecule has 8 heteroatoms. The van der Waals surface area contributed by atoms with Gasteiger partial charge in [0.15, 0.2) is 11.5 Å². The van der Waals surface area contributed by atoms with E-state index in [0.29, 0.717) is 42.4 Å². The fourth-order valence-electron chi connectivity index (χ4n) is 2.40. The number of carbonyl (C=O) groups is 2. The highest BCUT2D eigenvalue weighted by molar-refractivity contribution is 6.32. The molecule has 0 atom stereocenters. The molecule has 2 rings (SSSR count). The van der Waals surface area contributed by atoms with Gasteiger partial charge in [0.05, 0.1) is 30.0 Å². The van der Waals surface area contributed by atoms with Gasteiger partial charge in [-0.2, -0.15) is 0 Å². The minimum atomic E-state index is -0.433. The third-order valence-corrected chi connectivity index (χ3v) is 3.91. The molecule has 0 fully saturated rings. The number of hydrogen-bond acceptors (Lipinski definition) is 5. The summed E-state index contributed by atoms with van der Waals surface area (Å²) in [4.78, 5) is 24.9. The van der Waals surface area contributed by atoms with E-state index in [1.807, 2.05) is 6.92 Å². The van der Waals surface area contributed by atoms with Crippen LogP contribution in [-0.2, 0) is 0 Å². The number of ether oxygens (including phenoxy) is 2. The van der Waals surface area contributed by atoms with Crippen LogP contribution in [0.25, 0.3) is 0 Å². The van der Waals surface area contributed by atoms with Gasteiger partial charge in [0.25, 0.3) is 11.8 Å². The van der Waals surface area contributed by atoms with Gasteiger partial charge in [-0.05, 0) is 31.2 Å². The van der Waals surface area contributed by atoms with Crippen LogP contribution in [0.5, 0.6) is 11.5 Å². The summed E-state index contributed by atoms with van der Waals surface area (Å²) in [5, 5.41) is 5.67. The molecule has 0 aromatic heterocycles. The van der Waals surface area contributed by atoms with Gasteiger partial charge in [-0.25, -0.2) is 0 Å². The van der Waals surface area contributed by atoms with Gasteiger partial charge in [-0.3, -0.25) is 9.59 Å². The summed E-state index contributed by atoms with van der Waals surface area (Å²) >= 11 is 6.22. The zero-order chi connectivity index (χ0) is 19.8. The lowest BCUT2D eigenvalue weighted by atomic mass is 10.1. The second kappa shape index (κ2) is 9.80. The maximum atomic E-state index is 12.7. The molecule has 0 heterocycles. The van der Waals surface area contributed by atoms with E-state index >= 15 is 0 Å². The van der Waals surface area contributed by atoms with Crippen molar-refractivity contribution < 1.29 is 19.1 Å². The number of nitrogens with one attached hydrogen (secondary N) is 2. The summed E-state index contributed by atoms with van der Waals surface area (Å²) < 4.78 is 10.7. The molecule has 0 spiro atoms. The summed E-state index contributed by atoms with van der Waals surface area (Å²) in [6, 6.07) is 9.71. The molecule has 2 amide bonds. The Morgan fingerprint density at radius 1 is 1.19 bits per heavy atom. The number of para-hydroxylation sites is 1. The Hall–Kier alpha value is -2.77. The van der Waals surface area contributed by atoms with Crippen molar-refractivity contribution in [2.45, 2.75) is 6.92 Å². The number of rotatable bonds is 8. The van der Waals surface area contributed by atoms with Crippen molar-refractivity contribution in [3.8, 4) is 11.5 Å². The number of halogens is 1. The smallest absolute Gasteiger partial charge is 0.255 e. The largest absolute Gasteiger partial charge is 0.493 e. The Morgan fingerprint density at radius 2 is 1.93 bits per heavy atom. The average Bonchev–Trinajstić information content (AvgIpc) is 2.67. The van der Waals surface area contributed by atoms with Crippen LogP contribution in [-0.4, -0.2) is 38.6 Å². The zero-order valence-corrected chi connectivity index (χ0v) is 15.9. The highest BCUT2D eigenvalue weighted by Crippen LogP contribution is 2.36. The second-order valence-electron chi connectivity index (χ2n) is 5.47. The van der Waals surface area contributed by atoms with Gasteiger partial charge in [0.2, 0.25) is 0 Å². The minimum absolute atomic E-state index is 0.260. The molecule has 0 aliphatic carbocycles. The van der Waals surface area contributed by atoms with Gasteiger partial charge >= 0.3 is 0 Å². The number of anilines is 1. The minimum Gasteiger partial charge on any atom is -0.493 e. The predicted molar refractivity (Wildman–Crippen MR) is 105 cm³/mol. The molecule has 0 aliphatic heterocycles. The van der Waals surface area contributed by atoms with Crippen molar-refractivity contribution in [3.63, 3.8) is 0 Å². The Bertz CT molecular complexity index is 827. The lowest BCUT2D eigenvalue weighted by Crippen LogP contribution is -2.30. The van der Waals surface area contributed by atoms with Gasteiger partial charge in [0.1, 0.15) is 0 Å². The zero-order valence-electron chi connectivity index (χ0n) is 15.2. The van der Waals surface area contributed by atoms with Crippen LogP contribution >= 0.6 is 11.6 Å². The van der Waals surface area contributed by atoms with Crippen molar-refractivity contribution in [3.05, 3.63) is 52.5 Å². The van der Waals surface area contributed by atoms with Gasteiger partial charge < -0.3 is 25.8 Å². The van der Waals surface area contributed by atoms with E-state index in [2.05, 4.69) is 10.6 Å². The van der Waals surface area contributed by atoms with Gasteiger partial charge in [0, 0.05) is 18.7 Å². The van der Waals surface area contributed by atoms with Crippen molar-refractivity contribution in [2.24, 2.45) is 5.73 Å². The molecule has 4 N–H and O–H groups in total. The van der Waals surface area contributed by atoms with Crippen LogP contribution in [0, 0.1) is 0 Å². The lowest BCUT2D eigenvalue weighted by Gasteiger charge is -2.14. The van der Waals surface area contributed by atoms with E-state index < -0.39 is 5.91 Å². The average molecular weight is 392 g/mol.